The number of rotatable bonds is 8. The number of hydrogen-bond acceptors (Lipinski definition) is 4. The number of ether oxygens (including phenoxy) is 2. The van der Waals surface area contributed by atoms with E-state index in [1.54, 1.807) is 43.5 Å². The number of aliphatic hydroxyl groups excluding tert-OH is 1. The first kappa shape index (κ1) is 18.7. The Morgan fingerprint density at radius 1 is 1.20 bits per heavy atom. The highest BCUT2D eigenvalue weighted by atomic mass is 19.1. The van der Waals surface area contributed by atoms with Crippen LogP contribution in [-0.2, 0) is 4.74 Å². The third kappa shape index (κ3) is 6.40. The molecule has 0 aliphatic heterocycles. The molecule has 7 heteroatoms. The fraction of sp³-hybridized carbons (Fsp3) is 0.278. The summed E-state index contributed by atoms with van der Waals surface area (Å²) in [6.07, 6.45) is 0.515. The van der Waals surface area contributed by atoms with Crippen molar-refractivity contribution in [1.29, 1.82) is 0 Å². The number of nitrogens with one attached hydrogen (secondary N) is 2. The van der Waals surface area contributed by atoms with E-state index in [9.17, 15) is 14.3 Å². The van der Waals surface area contributed by atoms with E-state index in [1.807, 2.05) is 0 Å². The van der Waals surface area contributed by atoms with Crippen LogP contribution in [-0.4, -0.2) is 37.5 Å². The van der Waals surface area contributed by atoms with Crippen molar-refractivity contribution >= 4 is 11.7 Å². The summed E-state index contributed by atoms with van der Waals surface area (Å²) in [6, 6.07) is 11.7. The van der Waals surface area contributed by atoms with Gasteiger partial charge in [-0.3, -0.25) is 0 Å². The minimum absolute atomic E-state index is 0.169. The van der Waals surface area contributed by atoms with Gasteiger partial charge in [-0.05, 0) is 42.8 Å². The highest BCUT2D eigenvalue weighted by Crippen LogP contribution is 2.23. The second-order valence-corrected chi connectivity index (χ2v) is 5.34. The second-order valence-electron chi connectivity index (χ2n) is 5.34. The normalized spacial score (nSPS) is 11.6. The molecular formula is C18H21FN2O4. The number of hydrogen-bond donors (Lipinski definition) is 3. The monoisotopic (exact) mass is 348 g/mol. The van der Waals surface area contributed by atoms with Gasteiger partial charge in [-0.2, -0.15) is 0 Å². The molecule has 0 saturated heterocycles. The molecule has 0 radical (unpaired) electrons. The number of urea groups is 1. The molecule has 6 nitrogen and oxygen atoms in total. The van der Waals surface area contributed by atoms with Gasteiger partial charge in [0, 0.05) is 25.5 Å². The van der Waals surface area contributed by atoms with Crippen molar-refractivity contribution in [1.82, 2.24) is 5.32 Å². The molecule has 0 aliphatic rings. The summed E-state index contributed by atoms with van der Waals surface area (Å²) in [4.78, 5) is 11.9. The summed E-state index contributed by atoms with van der Waals surface area (Å²) in [5.41, 5.74) is 0.563. The minimum atomic E-state index is -0.422. The Hall–Kier alpha value is -2.64. The third-order valence-corrected chi connectivity index (χ3v) is 3.37. The van der Waals surface area contributed by atoms with Gasteiger partial charge in [0.05, 0.1) is 12.6 Å². The van der Waals surface area contributed by atoms with Crippen LogP contribution in [0, 0.1) is 5.82 Å². The van der Waals surface area contributed by atoms with Crippen LogP contribution in [0.3, 0.4) is 0 Å². The van der Waals surface area contributed by atoms with Gasteiger partial charge in [0.25, 0.3) is 0 Å². The first-order chi connectivity index (χ1) is 12.1. The fourth-order valence-corrected chi connectivity index (χ4v) is 2.09. The van der Waals surface area contributed by atoms with Crippen LogP contribution < -0.4 is 15.4 Å². The number of carbonyl (C=O) groups is 1. The molecule has 2 rings (SSSR count). The Morgan fingerprint density at radius 3 is 2.60 bits per heavy atom. The van der Waals surface area contributed by atoms with E-state index in [-0.39, 0.29) is 18.5 Å². The van der Waals surface area contributed by atoms with Crippen molar-refractivity contribution in [2.75, 3.05) is 25.6 Å². The third-order valence-electron chi connectivity index (χ3n) is 3.37. The summed E-state index contributed by atoms with van der Waals surface area (Å²) in [5, 5.41) is 14.5. The number of amides is 2. The van der Waals surface area contributed by atoms with Crippen molar-refractivity contribution < 1.29 is 23.8 Å². The lowest BCUT2D eigenvalue weighted by Gasteiger charge is -2.16. The van der Waals surface area contributed by atoms with Gasteiger partial charge in [0.1, 0.15) is 17.3 Å². The predicted octanol–water partition coefficient (Wildman–Crippen LogP) is 3.14. The zero-order valence-corrected chi connectivity index (χ0v) is 13.9. The molecule has 2 amide bonds. The van der Waals surface area contributed by atoms with Gasteiger partial charge in [-0.15, -0.1) is 0 Å². The molecule has 0 aliphatic carbocycles. The molecule has 0 heterocycles. The Balaban J connectivity index is 1.88. The molecule has 2 aromatic carbocycles. The van der Waals surface area contributed by atoms with Crippen molar-refractivity contribution in [3.63, 3.8) is 0 Å². The summed E-state index contributed by atoms with van der Waals surface area (Å²) in [7, 11) is 1.56. The number of carbonyl (C=O) groups excluding carboxylic acids is 1. The number of methoxy groups -OCH3 is 1. The number of anilines is 1. The van der Waals surface area contributed by atoms with Gasteiger partial charge in [-0.1, -0.05) is 6.07 Å². The average molecular weight is 348 g/mol. The van der Waals surface area contributed by atoms with Crippen molar-refractivity contribution in [2.24, 2.45) is 0 Å². The van der Waals surface area contributed by atoms with E-state index in [0.717, 1.165) is 0 Å². The molecule has 1 atom stereocenters. The molecule has 0 fully saturated rings. The zero-order chi connectivity index (χ0) is 18.1. The Labute approximate surface area is 145 Å². The van der Waals surface area contributed by atoms with Crippen LogP contribution in [0.5, 0.6) is 11.5 Å². The molecule has 0 spiro atoms. The Bertz CT molecular complexity index is 679. The predicted molar refractivity (Wildman–Crippen MR) is 92.4 cm³/mol. The second kappa shape index (κ2) is 9.61. The van der Waals surface area contributed by atoms with Gasteiger partial charge in [-0.25, -0.2) is 9.18 Å². The van der Waals surface area contributed by atoms with Gasteiger partial charge < -0.3 is 25.2 Å². The molecule has 25 heavy (non-hydrogen) atoms. The lowest BCUT2D eigenvalue weighted by molar-refractivity contribution is 0.161. The molecule has 0 unspecified atom stereocenters. The van der Waals surface area contributed by atoms with E-state index in [2.05, 4.69) is 10.6 Å². The molecule has 134 valence electrons. The molecule has 2 aromatic rings. The highest BCUT2D eigenvalue weighted by Gasteiger charge is 2.11. The summed E-state index contributed by atoms with van der Waals surface area (Å²) < 4.78 is 23.6. The van der Waals surface area contributed by atoms with E-state index in [0.29, 0.717) is 30.2 Å². The topological polar surface area (TPSA) is 79.8 Å². The molecule has 0 saturated carbocycles. The smallest absolute Gasteiger partial charge is 0.319 e. The van der Waals surface area contributed by atoms with Crippen molar-refractivity contribution in [3.05, 3.63) is 54.3 Å². The van der Waals surface area contributed by atoms with Gasteiger partial charge >= 0.3 is 6.03 Å². The Morgan fingerprint density at radius 2 is 1.96 bits per heavy atom. The summed E-state index contributed by atoms with van der Waals surface area (Å²) in [6.45, 7) is 0.273. The quantitative estimate of drug-likeness (QED) is 0.685. The van der Waals surface area contributed by atoms with E-state index in [1.165, 1.54) is 12.1 Å². The molecular weight excluding hydrogens is 327 g/mol. The maximum Gasteiger partial charge on any atom is 0.319 e. The lowest BCUT2D eigenvalue weighted by Crippen LogP contribution is -2.40. The maximum atomic E-state index is 13.1. The molecule has 3 N–H and O–H groups in total. The van der Waals surface area contributed by atoms with Crippen molar-refractivity contribution in [2.45, 2.75) is 12.5 Å². The number of aliphatic hydroxyl groups is 1. The van der Waals surface area contributed by atoms with E-state index < -0.39 is 6.03 Å². The zero-order valence-electron chi connectivity index (χ0n) is 13.9. The van der Waals surface area contributed by atoms with Crippen LogP contribution in [0.4, 0.5) is 14.9 Å². The van der Waals surface area contributed by atoms with Gasteiger partial charge in [0.2, 0.25) is 0 Å². The molecule has 0 aromatic heterocycles. The van der Waals surface area contributed by atoms with Crippen LogP contribution >= 0.6 is 0 Å². The van der Waals surface area contributed by atoms with E-state index >= 15 is 0 Å². The van der Waals surface area contributed by atoms with Gasteiger partial charge in [0.15, 0.2) is 0 Å². The standard InChI is InChI=1S/C18H21FN2O4/c1-24-10-9-15(12-22)21-18(23)20-14-5-7-16(8-6-14)25-17-4-2-3-13(19)11-17/h2-8,11,15,22H,9-10,12H2,1H3,(H2,20,21,23)/t15-/m0/s1. The molecule has 0 bridgehead atoms. The first-order valence-corrected chi connectivity index (χ1v) is 7.81. The first-order valence-electron chi connectivity index (χ1n) is 7.81. The van der Waals surface area contributed by atoms with Crippen LogP contribution in [0.15, 0.2) is 48.5 Å². The van der Waals surface area contributed by atoms with E-state index in [4.69, 9.17) is 9.47 Å². The SMILES string of the molecule is COCC[C@@H](CO)NC(=O)Nc1ccc(Oc2cccc(F)c2)cc1. The minimum Gasteiger partial charge on any atom is -0.457 e. The van der Waals surface area contributed by atoms with Crippen LogP contribution in [0.25, 0.3) is 0 Å². The maximum absolute atomic E-state index is 13.1. The Kier molecular flexibility index (Phi) is 7.18. The largest absolute Gasteiger partial charge is 0.457 e. The average Bonchev–Trinajstić information content (AvgIpc) is 2.60. The van der Waals surface area contributed by atoms with Crippen LogP contribution in [0.2, 0.25) is 0 Å². The number of halogens is 1. The lowest BCUT2D eigenvalue weighted by atomic mass is 10.2. The van der Waals surface area contributed by atoms with Crippen LogP contribution in [0.1, 0.15) is 6.42 Å². The summed E-state index contributed by atoms with van der Waals surface area (Å²) in [5.74, 6) is 0.534. The fourth-order valence-electron chi connectivity index (χ4n) is 2.09. The van der Waals surface area contributed by atoms with Crippen molar-refractivity contribution in [3.8, 4) is 11.5 Å². The number of benzene rings is 2. The summed E-state index contributed by atoms with van der Waals surface area (Å²) >= 11 is 0. The highest BCUT2D eigenvalue weighted by molar-refractivity contribution is 5.89.